The Hall–Kier alpha value is -3.52. The van der Waals surface area contributed by atoms with Crippen molar-refractivity contribution in [2.24, 2.45) is 0 Å². The molecule has 3 amide bonds. The molecule has 3 heterocycles. The second-order valence-corrected chi connectivity index (χ2v) is 8.94. The molecule has 0 spiro atoms. The van der Waals surface area contributed by atoms with Crippen molar-refractivity contribution in [3.63, 3.8) is 0 Å². The fourth-order valence-electron chi connectivity index (χ4n) is 5.27. The molecule has 5 rings (SSSR count). The smallest absolute Gasteiger partial charge is 0.328 e. The van der Waals surface area contributed by atoms with Crippen molar-refractivity contribution in [1.29, 1.82) is 0 Å². The highest BCUT2D eigenvalue weighted by Gasteiger charge is 2.60. The summed E-state index contributed by atoms with van der Waals surface area (Å²) in [7, 11) is 3.48. The SMILES string of the molecule is CNCCCN1C(=O)N2[C@H](c3cccc(O)c3)c3[nH]c4ccc(OC)cc4c3C[C@@]2(C)C1=O. The molecule has 0 unspecified atom stereocenters. The molecule has 2 aromatic carbocycles. The van der Waals surface area contributed by atoms with Crippen molar-refractivity contribution >= 4 is 22.8 Å². The maximum Gasteiger partial charge on any atom is 0.328 e. The third kappa shape index (κ3) is 3.16. The van der Waals surface area contributed by atoms with E-state index in [1.807, 2.05) is 38.2 Å². The number of rotatable bonds is 6. The van der Waals surface area contributed by atoms with Gasteiger partial charge in [-0.15, -0.1) is 0 Å². The van der Waals surface area contributed by atoms with E-state index in [1.54, 1.807) is 30.2 Å². The number of carbonyl (C=O) groups is 2. The summed E-state index contributed by atoms with van der Waals surface area (Å²) in [5, 5.41) is 14.2. The molecule has 0 bridgehead atoms. The molecule has 0 radical (unpaired) electrons. The van der Waals surface area contributed by atoms with Crippen LogP contribution in [-0.4, -0.2) is 64.6 Å². The van der Waals surface area contributed by atoms with Gasteiger partial charge in [-0.25, -0.2) is 4.79 Å². The van der Waals surface area contributed by atoms with Gasteiger partial charge in [0.2, 0.25) is 0 Å². The molecule has 3 N–H and O–H groups in total. The van der Waals surface area contributed by atoms with Gasteiger partial charge in [-0.2, -0.15) is 0 Å². The third-order valence-electron chi connectivity index (χ3n) is 6.87. The minimum atomic E-state index is -1.03. The Morgan fingerprint density at radius 1 is 1.24 bits per heavy atom. The summed E-state index contributed by atoms with van der Waals surface area (Å²) in [4.78, 5) is 33.9. The minimum Gasteiger partial charge on any atom is -0.508 e. The lowest BCUT2D eigenvalue weighted by Crippen LogP contribution is -2.53. The van der Waals surface area contributed by atoms with E-state index < -0.39 is 11.6 Å². The average Bonchev–Trinajstić information content (AvgIpc) is 3.25. The molecule has 8 heteroatoms. The quantitative estimate of drug-likeness (QED) is 0.398. The zero-order valence-corrected chi connectivity index (χ0v) is 19.0. The number of urea groups is 1. The highest BCUT2D eigenvalue weighted by atomic mass is 16.5. The Morgan fingerprint density at radius 3 is 2.79 bits per heavy atom. The van der Waals surface area contributed by atoms with Gasteiger partial charge in [0.05, 0.1) is 7.11 Å². The van der Waals surface area contributed by atoms with Crippen LogP contribution in [0.5, 0.6) is 11.5 Å². The van der Waals surface area contributed by atoms with Crippen molar-refractivity contribution in [1.82, 2.24) is 20.1 Å². The van der Waals surface area contributed by atoms with Gasteiger partial charge in [-0.3, -0.25) is 14.6 Å². The Morgan fingerprint density at radius 2 is 2.06 bits per heavy atom. The topological polar surface area (TPSA) is 97.9 Å². The average molecular weight is 449 g/mol. The van der Waals surface area contributed by atoms with Crippen LogP contribution >= 0.6 is 0 Å². The fraction of sp³-hybridized carbons (Fsp3) is 0.360. The van der Waals surface area contributed by atoms with Crippen LogP contribution in [0.4, 0.5) is 4.79 Å². The molecule has 2 aliphatic heterocycles. The number of aromatic hydroxyl groups is 1. The number of imide groups is 1. The summed E-state index contributed by atoms with van der Waals surface area (Å²) in [6.07, 6.45) is 1.08. The van der Waals surface area contributed by atoms with Crippen LogP contribution in [0.25, 0.3) is 10.9 Å². The van der Waals surface area contributed by atoms with Gasteiger partial charge in [0, 0.05) is 29.6 Å². The molecular formula is C25H28N4O4. The Labute approximate surface area is 192 Å². The predicted molar refractivity (Wildman–Crippen MR) is 124 cm³/mol. The molecule has 2 atom stereocenters. The molecule has 0 saturated carbocycles. The largest absolute Gasteiger partial charge is 0.508 e. The first-order chi connectivity index (χ1) is 15.9. The number of carbonyl (C=O) groups excluding carboxylic acids is 2. The van der Waals surface area contributed by atoms with Gasteiger partial charge in [0.25, 0.3) is 5.91 Å². The van der Waals surface area contributed by atoms with Crippen molar-refractivity contribution in [3.05, 3.63) is 59.3 Å². The van der Waals surface area contributed by atoms with E-state index >= 15 is 0 Å². The number of H-pyrrole nitrogens is 1. The summed E-state index contributed by atoms with van der Waals surface area (Å²) in [6, 6.07) is 11.9. The zero-order chi connectivity index (χ0) is 23.3. The number of nitrogens with zero attached hydrogens (tertiary/aromatic N) is 2. The number of benzene rings is 2. The number of phenolic OH excluding ortho intramolecular Hbond substituents is 1. The summed E-state index contributed by atoms with van der Waals surface area (Å²) in [5.74, 6) is 0.660. The van der Waals surface area contributed by atoms with E-state index in [2.05, 4.69) is 10.3 Å². The van der Waals surface area contributed by atoms with E-state index in [-0.39, 0.29) is 17.7 Å². The van der Waals surface area contributed by atoms with E-state index in [0.29, 0.717) is 25.9 Å². The lowest BCUT2D eigenvalue weighted by molar-refractivity contribution is -0.133. The zero-order valence-electron chi connectivity index (χ0n) is 19.0. The van der Waals surface area contributed by atoms with Crippen LogP contribution in [-0.2, 0) is 11.2 Å². The number of aromatic nitrogens is 1. The molecular weight excluding hydrogens is 420 g/mol. The van der Waals surface area contributed by atoms with Crippen LogP contribution in [0, 0.1) is 0 Å². The second kappa shape index (κ2) is 7.81. The number of ether oxygens (including phenoxy) is 1. The van der Waals surface area contributed by atoms with Gasteiger partial charge >= 0.3 is 6.03 Å². The van der Waals surface area contributed by atoms with E-state index in [0.717, 1.165) is 33.5 Å². The number of hydrogen-bond acceptors (Lipinski definition) is 5. The lowest BCUT2D eigenvalue weighted by Gasteiger charge is -2.42. The molecule has 3 aromatic rings. The standard InChI is InChI=1S/C25H28N4O4/c1-25-14-19-18-13-17(33-3)8-9-20(18)27-21(19)22(15-6-4-7-16(30)12-15)29(25)24(32)28(23(25)31)11-5-10-26-2/h4,6-9,12-13,22,26-27,30H,5,10-11,14H2,1-3H3/t22-,25+/m1/s1. The third-order valence-corrected chi connectivity index (χ3v) is 6.87. The van der Waals surface area contributed by atoms with Crippen LogP contribution in [0.15, 0.2) is 42.5 Å². The molecule has 1 aromatic heterocycles. The van der Waals surface area contributed by atoms with Gasteiger partial charge in [-0.05, 0) is 68.4 Å². The molecule has 8 nitrogen and oxygen atoms in total. The summed E-state index contributed by atoms with van der Waals surface area (Å²) in [5.41, 5.74) is 2.49. The highest BCUT2D eigenvalue weighted by molar-refractivity contribution is 6.08. The van der Waals surface area contributed by atoms with Gasteiger partial charge < -0.3 is 20.1 Å². The first-order valence-corrected chi connectivity index (χ1v) is 11.2. The first kappa shape index (κ1) is 21.3. The molecule has 0 aliphatic carbocycles. The number of hydrogen-bond donors (Lipinski definition) is 3. The highest BCUT2D eigenvalue weighted by Crippen LogP contribution is 2.49. The van der Waals surface area contributed by atoms with Crippen LogP contribution < -0.4 is 10.1 Å². The molecule has 33 heavy (non-hydrogen) atoms. The molecule has 2 aliphatic rings. The van der Waals surface area contributed by atoms with E-state index in [4.69, 9.17) is 4.74 Å². The summed E-state index contributed by atoms with van der Waals surface area (Å²) < 4.78 is 5.44. The van der Waals surface area contributed by atoms with Crippen molar-refractivity contribution in [3.8, 4) is 11.5 Å². The molecule has 1 fully saturated rings. The van der Waals surface area contributed by atoms with Crippen LogP contribution in [0.1, 0.15) is 36.2 Å². The lowest BCUT2D eigenvalue weighted by atomic mass is 9.81. The second-order valence-electron chi connectivity index (χ2n) is 8.94. The molecule has 172 valence electrons. The number of methoxy groups -OCH3 is 1. The van der Waals surface area contributed by atoms with Gasteiger partial charge in [0.1, 0.15) is 23.1 Å². The van der Waals surface area contributed by atoms with Crippen LogP contribution in [0.2, 0.25) is 0 Å². The summed E-state index contributed by atoms with van der Waals surface area (Å²) >= 11 is 0. The minimum absolute atomic E-state index is 0.114. The van der Waals surface area contributed by atoms with E-state index in [9.17, 15) is 14.7 Å². The first-order valence-electron chi connectivity index (χ1n) is 11.2. The Balaban J connectivity index is 1.70. The van der Waals surface area contributed by atoms with E-state index in [1.165, 1.54) is 4.90 Å². The maximum atomic E-state index is 13.7. The number of nitrogens with one attached hydrogen (secondary N) is 2. The Bertz CT molecular complexity index is 1250. The van der Waals surface area contributed by atoms with Crippen molar-refractivity contribution < 1.29 is 19.4 Å². The normalized spacial score (nSPS) is 22.1. The number of fused-ring (bicyclic) bond motifs is 4. The number of amides is 3. The number of aromatic amines is 1. The molecule has 1 saturated heterocycles. The van der Waals surface area contributed by atoms with Crippen molar-refractivity contribution in [2.75, 3.05) is 27.2 Å². The predicted octanol–water partition coefficient (Wildman–Crippen LogP) is 3.16. The van der Waals surface area contributed by atoms with Gasteiger partial charge in [-0.1, -0.05) is 12.1 Å². The van der Waals surface area contributed by atoms with Crippen molar-refractivity contribution in [2.45, 2.75) is 31.3 Å². The number of phenols is 1. The summed E-state index contributed by atoms with van der Waals surface area (Å²) in [6.45, 7) is 2.93. The Kier molecular flexibility index (Phi) is 5.05. The monoisotopic (exact) mass is 448 g/mol. The maximum absolute atomic E-state index is 13.7. The van der Waals surface area contributed by atoms with Gasteiger partial charge in [0.15, 0.2) is 0 Å². The van der Waals surface area contributed by atoms with Crippen LogP contribution in [0.3, 0.4) is 0 Å². The fourth-order valence-corrected chi connectivity index (χ4v) is 5.27.